The SMILES string of the molecule is COc1cc(Cl)c(C)cc1NC(=O)CSC1=NC(=O)C2CCCCC2=N1. The molecule has 1 aliphatic carbocycles. The zero-order valence-electron chi connectivity index (χ0n) is 14.7. The van der Waals surface area contributed by atoms with E-state index in [4.69, 9.17) is 16.3 Å². The largest absolute Gasteiger partial charge is 0.495 e. The van der Waals surface area contributed by atoms with Crippen molar-refractivity contribution in [1.29, 1.82) is 0 Å². The zero-order chi connectivity index (χ0) is 18.7. The van der Waals surface area contributed by atoms with Gasteiger partial charge >= 0.3 is 0 Å². The van der Waals surface area contributed by atoms with Crippen LogP contribution in [0.5, 0.6) is 5.75 Å². The lowest BCUT2D eigenvalue weighted by Gasteiger charge is -2.24. The van der Waals surface area contributed by atoms with E-state index in [9.17, 15) is 9.59 Å². The summed E-state index contributed by atoms with van der Waals surface area (Å²) < 4.78 is 5.25. The van der Waals surface area contributed by atoms with Gasteiger partial charge in [0, 0.05) is 16.8 Å². The summed E-state index contributed by atoms with van der Waals surface area (Å²) in [6.45, 7) is 1.85. The zero-order valence-corrected chi connectivity index (χ0v) is 16.2. The van der Waals surface area contributed by atoms with Crippen LogP contribution in [0.15, 0.2) is 22.1 Å². The number of thioether (sulfide) groups is 1. The van der Waals surface area contributed by atoms with Crippen molar-refractivity contribution in [2.45, 2.75) is 32.6 Å². The van der Waals surface area contributed by atoms with Crippen LogP contribution in [0.3, 0.4) is 0 Å². The third-order valence-electron chi connectivity index (χ3n) is 4.41. The molecule has 1 aromatic carbocycles. The van der Waals surface area contributed by atoms with E-state index < -0.39 is 0 Å². The minimum Gasteiger partial charge on any atom is -0.495 e. The van der Waals surface area contributed by atoms with E-state index in [2.05, 4.69) is 15.3 Å². The molecule has 0 spiro atoms. The van der Waals surface area contributed by atoms with Gasteiger partial charge < -0.3 is 10.1 Å². The van der Waals surface area contributed by atoms with Crippen LogP contribution in [0.4, 0.5) is 5.69 Å². The Hall–Kier alpha value is -1.86. The molecule has 1 N–H and O–H groups in total. The van der Waals surface area contributed by atoms with Crippen LogP contribution < -0.4 is 10.1 Å². The van der Waals surface area contributed by atoms with Crippen molar-refractivity contribution >= 4 is 51.7 Å². The molecule has 0 bridgehead atoms. The third kappa shape index (κ3) is 4.27. The van der Waals surface area contributed by atoms with Crippen LogP contribution >= 0.6 is 23.4 Å². The first-order chi connectivity index (χ1) is 12.5. The minimum absolute atomic E-state index is 0.110. The van der Waals surface area contributed by atoms with Gasteiger partial charge in [0.15, 0.2) is 5.17 Å². The van der Waals surface area contributed by atoms with Crippen molar-refractivity contribution in [3.63, 3.8) is 0 Å². The minimum atomic E-state index is -0.226. The number of rotatable bonds is 4. The number of hydrogen-bond acceptors (Lipinski definition) is 5. The Balaban J connectivity index is 1.62. The highest BCUT2D eigenvalue weighted by Gasteiger charge is 2.30. The molecule has 1 aromatic rings. The van der Waals surface area contributed by atoms with Gasteiger partial charge in [-0.1, -0.05) is 29.8 Å². The Labute approximate surface area is 161 Å². The number of benzene rings is 1. The fraction of sp³-hybridized carbons (Fsp3) is 0.444. The molecule has 6 nitrogen and oxygen atoms in total. The van der Waals surface area contributed by atoms with Crippen LogP contribution in [0.2, 0.25) is 5.02 Å². The van der Waals surface area contributed by atoms with E-state index in [1.807, 2.05) is 6.92 Å². The smallest absolute Gasteiger partial charge is 0.256 e. The van der Waals surface area contributed by atoms with Gasteiger partial charge in [0.1, 0.15) is 5.75 Å². The topological polar surface area (TPSA) is 80.1 Å². The summed E-state index contributed by atoms with van der Waals surface area (Å²) in [5, 5.41) is 3.75. The molecule has 1 saturated carbocycles. The molecule has 26 heavy (non-hydrogen) atoms. The van der Waals surface area contributed by atoms with Crippen molar-refractivity contribution in [2.24, 2.45) is 15.9 Å². The molecular formula is C18H20ClN3O3S. The summed E-state index contributed by atoms with van der Waals surface area (Å²) in [4.78, 5) is 32.9. The Kier molecular flexibility index (Phi) is 5.98. The predicted molar refractivity (Wildman–Crippen MR) is 106 cm³/mol. The predicted octanol–water partition coefficient (Wildman–Crippen LogP) is 3.86. The quantitative estimate of drug-likeness (QED) is 0.842. The number of nitrogens with one attached hydrogen (secondary N) is 1. The lowest BCUT2D eigenvalue weighted by atomic mass is 9.86. The molecule has 0 aromatic heterocycles. The summed E-state index contributed by atoms with van der Waals surface area (Å²) in [5.74, 6) is 0.0969. The molecule has 138 valence electrons. The van der Waals surface area contributed by atoms with E-state index in [1.165, 1.54) is 18.9 Å². The van der Waals surface area contributed by atoms with Crippen molar-refractivity contribution in [1.82, 2.24) is 0 Å². The highest BCUT2D eigenvalue weighted by molar-refractivity contribution is 8.14. The summed E-state index contributed by atoms with van der Waals surface area (Å²) in [6, 6.07) is 3.43. The van der Waals surface area contributed by atoms with Gasteiger partial charge in [-0.25, -0.2) is 4.99 Å². The molecule has 1 aliphatic heterocycles. The first-order valence-corrected chi connectivity index (χ1v) is 9.81. The van der Waals surface area contributed by atoms with Crippen LogP contribution in [-0.4, -0.2) is 35.6 Å². The Morgan fingerprint density at radius 1 is 1.38 bits per heavy atom. The molecule has 3 rings (SSSR count). The van der Waals surface area contributed by atoms with E-state index >= 15 is 0 Å². The number of methoxy groups -OCH3 is 1. The maximum atomic E-state index is 12.3. The van der Waals surface area contributed by atoms with Gasteiger partial charge in [-0.3, -0.25) is 9.59 Å². The molecule has 8 heteroatoms. The van der Waals surface area contributed by atoms with Gasteiger partial charge in [0.2, 0.25) is 5.91 Å². The van der Waals surface area contributed by atoms with Crippen LogP contribution in [0, 0.1) is 12.8 Å². The number of amides is 2. The monoisotopic (exact) mass is 393 g/mol. The number of carbonyl (C=O) groups excluding carboxylic acids is 2. The fourth-order valence-electron chi connectivity index (χ4n) is 3.03. The molecule has 1 fully saturated rings. The van der Waals surface area contributed by atoms with E-state index in [-0.39, 0.29) is 23.5 Å². The fourth-order valence-corrected chi connectivity index (χ4v) is 3.85. The number of anilines is 1. The second kappa shape index (κ2) is 8.22. The van der Waals surface area contributed by atoms with Crippen molar-refractivity contribution in [2.75, 3.05) is 18.2 Å². The second-order valence-corrected chi connectivity index (χ2v) is 7.62. The first kappa shape index (κ1) is 18.9. The second-order valence-electron chi connectivity index (χ2n) is 6.27. The summed E-state index contributed by atoms with van der Waals surface area (Å²) in [7, 11) is 1.52. The number of amidine groups is 1. The molecular weight excluding hydrogens is 374 g/mol. The molecule has 1 atom stereocenters. The molecule has 1 heterocycles. The maximum Gasteiger partial charge on any atom is 0.256 e. The average molecular weight is 394 g/mol. The van der Waals surface area contributed by atoms with Gasteiger partial charge in [-0.2, -0.15) is 4.99 Å². The standard InChI is InChI=1S/C18H20ClN3O3S/c1-10-7-14(15(25-2)8-12(10)19)20-16(23)9-26-18-21-13-6-4-3-5-11(13)17(24)22-18/h7-8,11H,3-6,9H2,1-2H3,(H,20,23). The molecule has 2 amide bonds. The number of ether oxygens (including phenoxy) is 1. The average Bonchev–Trinajstić information content (AvgIpc) is 2.63. The van der Waals surface area contributed by atoms with Gasteiger partial charge in [-0.15, -0.1) is 0 Å². The van der Waals surface area contributed by atoms with Gasteiger partial charge in [-0.05, 0) is 37.8 Å². The molecule has 0 saturated heterocycles. The molecule has 1 unspecified atom stereocenters. The van der Waals surface area contributed by atoms with Crippen LogP contribution in [-0.2, 0) is 9.59 Å². The number of hydrogen-bond donors (Lipinski definition) is 1. The third-order valence-corrected chi connectivity index (χ3v) is 5.66. The number of aryl methyl sites for hydroxylation is 1. The lowest BCUT2D eigenvalue weighted by molar-refractivity contribution is -0.120. The molecule has 0 radical (unpaired) electrons. The number of fused-ring (bicyclic) bond motifs is 1. The van der Waals surface area contributed by atoms with E-state index in [1.54, 1.807) is 12.1 Å². The lowest BCUT2D eigenvalue weighted by Crippen LogP contribution is -2.30. The highest BCUT2D eigenvalue weighted by Crippen LogP contribution is 2.31. The number of nitrogens with zero attached hydrogens (tertiary/aromatic N) is 2. The Morgan fingerprint density at radius 3 is 2.96 bits per heavy atom. The van der Waals surface area contributed by atoms with Crippen LogP contribution in [0.25, 0.3) is 0 Å². The van der Waals surface area contributed by atoms with Gasteiger partial charge in [0.25, 0.3) is 5.91 Å². The first-order valence-electron chi connectivity index (χ1n) is 8.44. The molecule has 2 aliphatic rings. The summed E-state index contributed by atoms with van der Waals surface area (Å²) in [6.07, 6.45) is 3.76. The number of carbonyl (C=O) groups is 2. The van der Waals surface area contributed by atoms with E-state index in [0.717, 1.165) is 37.0 Å². The highest BCUT2D eigenvalue weighted by atomic mass is 35.5. The Bertz CT molecular complexity index is 807. The van der Waals surface area contributed by atoms with Crippen molar-refractivity contribution in [3.8, 4) is 5.75 Å². The van der Waals surface area contributed by atoms with E-state index in [0.29, 0.717) is 21.6 Å². The maximum absolute atomic E-state index is 12.3. The van der Waals surface area contributed by atoms with Gasteiger partial charge in [0.05, 0.1) is 24.5 Å². The van der Waals surface area contributed by atoms with Crippen molar-refractivity contribution < 1.29 is 14.3 Å². The number of aliphatic imine (C=N–C) groups is 2. The van der Waals surface area contributed by atoms with Crippen molar-refractivity contribution in [3.05, 3.63) is 22.7 Å². The normalized spacial score (nSPS) is 19.3. The Morgan fingerprint density at radius 2 is 2.19 bits per heavy atom. The summed E-state index contributed by atoms with van der Waals surface area (Å²) in [5.41, 5.74) is 2.31. The van der Waals surface area contributed by atoms with Crippen LogP contribution in [0.1, 0.15) is 31.2 Å². The summed E-state index contributed by atoms with van der Waals surface area (Å²) >= 11 is 7.24. The number of halogens is 1.